The van der Waals surface area contributed by atoms with Crippen molar-refractivity contribution in [3.05, 3.63) is 35.5 Å². The van der Waals surface area contributed by atoms with Crippen molar-refractivity contribution in [3.63, 3.8) is 0 Å². The molecule has 0 atom stereocenters. The zero-order valence-electron chi connectivity index (χ0n) is 14.5. The summed E-state index contributed by atoms with van der Waals surface area (Å²) in [5.41, 5.74) is 2.65. The maximum absolute atomic E-state index is 12.2. The van der Waals surface area contributed by atoms with Crippen LogP contribution in [0.1, 0.15) is 49.7 Å². The van der Waals surface area contributed by atoms with Crippen LogP contribution in [-0.2, 0) is 14.9 Å². The van der Waals surface area contributed by atoms with Crippen molar-refractivity contribution in [1.29, 1.82) is 0 Å². The topological polar surface area (TPSA) is 62.4 Å². The van der Waals surface area contributed by atoms with Gasteiger partial charge in [0.2, 0.25) is 5.91 Å². The highest BCUT2D eigenvalue weighted by Gasteiger charge is 2.20. The van der Waals surface area contributed by atoms with Crippen LogP contribution in [0.2, 0.25) is 0 Å². The van der Waals surface area contributed by atoms with Gasteiger partial charge in [-0.1, -0.05) is 32.9 Å². The molecule has 1 fully saturated rings. The second kappa shape index (κ2) is 6.30. The van der Waals surface area contributed by atoms with Gasteiger partial charge in [-0.3, -0.25) is 4.79 Å². The molecule has 0 unspecified atom stereocenters. The second-order valence-corrected chi connectivity index (χ2v) is 7.36. The summed E-state index contributed by atoms with van der Waals surface area (Å²) < 4.78 is 5.30. The third-order valence-electron chi connectivity index (χ3n) is 4.47. The number of H-pyrrole nitrogens is 1. The highest BCUT2D eigenvalue weighted by atomic mass is 16.5. The Balaban J connectivity index is 1.65. The molecular formula is C19H24N2O3. The predicted octanol–water partition coefficient (Wildman–Crippen LogP) is 3.24. The van der Waals surface area contributed by atoms with Gasteiger partial charge in [-0.25, -0.2) is 4.79 Å². The van der Waals surface area contributed by atoms with Gasteiger partial charge in [0.15, 0.2) is 0 Å². The minimum absolute atomic E-state index is 0.0578. The third-order valence-corrected chi connectivity index (χ3v) is 4.47. The van der Waals surface area contributed by atoms with E-state index in [0.717, 1.165) is 23.9 Å². The molecule has 128 valence electrons. The summed E-state index contributed by atoms with van der Waals surface area (Å²) in [6.07, 6.45) is 1.50. The maximum atomic E-state index is 12.2. The Labute approximate surface area is 142 Å². The van der Waals surface area contributed by atoms with Crippen LogP contribution in [0.3, 0.4) is 0 Å². The van der Waals surface area contributed by atoms with E-state index in [0.29, 0.717) is 18.7 Å². The van der Waals surface area contributed by atoms with E-state index in [2.05, 4.69) is 37.9 Å². The molecule has 0 aliphatic carbocycles. The Morgan fingerprint density at radius 1 is 1.29 bits per heavy atom. The third kappa shape index (κ3) is 3.45. The van der Waals surface area contributed by atoms with Gasteiger partial charge in [-0.15, -0.1) is 0 Å². The van der Waals surface area contributed by atoms with Crippen LogP contribution in [0.15, 0.2) is 24.3 Å². The molecule has 1 aliphatic rings. The van der Waals surface area contributed by atoms with Gasteiger partial charge in [-0.2, -0.15) is 0 Å². The summed E-state index contributed by atoms with van der Waals surface area (Å²) in [5, 5.41) is 0.990. The summed E-state index contributed by atoms with van der Waals surface area (Å²) in [6.45, 7) is 7.94. The number of esters is 1. The van der Waals surface area contributed by atoms with E-state index in [1.807, 2.05) is 12.1 Å². The number of carbonyl (C=O) groups is 2. The van der Waals surface area contributed by atoms with Gasteiger partial charge in [0.25, 0.3) is 0 Å². The number of rotatable bonds is 4. The second-order valence-electron chi connectivity index (χ2n) is 7.36. The van der Waals surface area contributed by atoms with Gasteiger partial charge in [0.05, 0.1) is 6.54 Å². The number of aromatic nitrogens is 1. The van der Waals surface area contributed by atoms with E-state index in [4.69, 9.17) is 4.74 Å². The average molecular weight is 328 g/mol. The number of ether oxygens (including phenoxy) is 1. The first kappa shape index (κ1) is 16.6. The van der Waals surface area contributed by atoms with Gasteiger partial charge in [-0.05, 0) is 29.5 Å². The van der Waals surface area contributed by atoms with Crippen molar-refractivity contribution in [2.75, 3.05) is 19.7 Å². The zero-order valence-corrected chi connectivity index (χ0v) is 14.5. The van der Waals surface area contributed by atoms with Crippen molar-refractivity contribution >= 4 is 22.8 Å². The van der Waals surface area contributed by atoms with Crippen molar-refractivity contribution in [3.8, 4) is 0 Å². The zero-order chi connectivity index (χ0) is 17.3. The fourth-order valence-corrected chi connectivity index (χ4v) is 2.97. The van der Waals surface area contributed by atoms with Crippen molar-refractivity contribution in [2.24, 2.45) is 0 Å². The minimum Gasteiger partial charge on any atom is -0.459 e. The molecule has 2 aromatic rings. The molecule has 0 saturated carbocycles. The fourth-order valence-electron chi connectivity index (χ4n) is 2.97. The SMILES string of the molecule is CC(C)(C)c1ccc2cc(C(=O)OCCN3CCCC3=O)[nH]c2c1. The van der Waals surface area contributed by atoms with Crippen LogP contribution in [-0.4, -0.2) is 41.5 Å². The highest BCUT2D eigenvalue weighted by Crippen LogP contribution is 2.26. The molecule has 1 N–H and O–H groups in total. The Bertz CT molecular complexity index is 771. The lowest BCUT2D eigenvalue weighted by molar-refractivity contribution is -0.128. The monoisotopic (exact) mass is 328 g/mol. The van der Waals surface area contributed by atoms with Crippen molar-refractivity contribution in [2.45, 2.75) is 39.0 Å². The van der Waals surface area contributed by atoms with E-state index in [1.54, 1.807) is 4.90 Å². The van der Waals surface area contributed by atoms with Crippen LogP contribution >= 0.6 is 0 Å². The van der Waals surface area contributed by atoms with Gasteiger partial charge in [0, 0.05) is 23.9 Å². The number of fused-ring (bicyclic) bond motifs is 1. The molecule has 1 saturated heterocycles. The van der Waals surface area contributed by atoms with Crippen LogP contribution in [0.25, 0.3) is 10.9 Å². The Kier molecular flexibility index (Phi) is 4.35. The summed E-state index contributed by atoms with van der Waals surface area (Å²) in [6, 6.07) is 8.00. The number of hydrogen-bond donors (Lipinski definition) is 1. The minimum atomic E-state index is -0.379. The van der Waals surface area contributed by atoms with Crippen molar-refractivity contribution < 1.29 is 14.3 Å². The number of benzene rings is 1. The number of carbonyl (C=O) groups excluding carboxylic acids is 2. The normalized spacial score (nSPS) is 15.3. The predicted molar refractivity (Wildman–Crippen MR) is 93.1 cm³/mol. The maximum Gasteiger partial charge on any atom is 0.354 e. The van der Waals surface area contributed by atoms with Gasteiger partial charge in [0.1, 0.15) is 12.3 Å². The molecule has 0 spiro atoms. The molecule has 1 aromatic carbocycles. The molecule has 5 heteroatoms. The first-order chi connectivity index (χ1) is 11.3. The lowest BCUT2D eigenvalue weighted by Gasteiger charge is -2.18. The first-order valence-electron chi connectivity index (χ1n) is 8.43. The Hall–Kier alpha value is -2.30. The number of hydrogen-bond acceptors (Lipinski definition) is 3. The molecule has 0 bridgehead atoms. The molecule has 3 rings (SSSR count). The van der Waals surface area contributed by atoms with Crippen LogP contribution in [0.4, 0.5) is 0 Å². The smallest absolute Gasteiger partial charge is 0.354 e. The number of aromatic amines is 1. The number of nitrogens with zero attached hydrogens (tertiary/aromatic N) is 1. The Morgan fingerprint density at radius 3 is 2.75 bits per heavy atom. The molecule has 0 radical (unpaired) electrons. The molecule has 5 nitrogen and oxygen atoms in total. The number of amides is 1. The average Bonchev–Trinajstić information content (AvgIpc) is 3.12. The van der Waals surface area contributed by atoms with Gasteiger partial charge < -0.3 is 14.6 Å². The van der Waals surface area contributed by atoms with Crippen LogP contribution in [0.5, 0.6) is 0 Å². The van der Waals surface area contributed by atoms with Crippen LogP contribution < -0.4 is 0 Å². The molecule has 1 amide bonds. The lowest BCUT2D eigenvalue weighted by Crippen LogP contribution is -2.29. The quantitative estimate of drug-likeness (QED) is 0.876. The molecule has 1 aliphatic heterocycles. The van der Waals surface area contributed by atoms with Crippen LogP contribution in [0, 0.1) is 0 Å². The van der Waals surface area contributed by atoms with E-state index >= 15 is 0 Å². The van der Waals surface area contributed by atoms with E-state index in [-0.39, 0.29) is 23.9 Å². The van der Waals surface area contributed by atoms with Gasteiger partial charge >= 0.3 is 5.97 Å². The summed E-state index contributed by atoms with van der Waals surface area (Å²) in [7, 11) is 0. The molecule has 1 aromatic heterocycles. The number of nitrogens with one attached hydrogen (secondary N) is 1. The molecular weight excluding hydrogens is 304 g/mol. The largest absolute Gasteiger partial charge is 0.459 e. The molecule has 2 heterocycles. The summed E-state index contributed by atoms with van der Waals surface area (Å²) >= 11 is 0. The number of likely N-dealkylation sites (tertiary alicyclic amines) is 1. The first-order valence-corrected chi connectivity index (χ1v) is 8.43. The highest BCUT2D eigenvalue weighted by molar-refractivity contribution is 5.95. The van der Waals surface area contributed by atoms with Crippen molar-refractivity contribution in [1.82, 2.24) is 9.88 Å². The lowest BCUT2D eigenvalue weighted by atomic mass is 9.87. The standard InChI is InChI=1S/C19H24N2O3/c1-19(2,3)14-7-6-13-11-16(20-15(13)12-14)18(23)24-10-9-21-8-4-5-17(21)22/h6-7,11-12,20H,4-5,8-10H2,1-3H3. The van der Waals surface area contributed by atoms with E-state index in [1.165, 1.54) is 5.56 Å². The van der Waals surface area contributed by atoms with E-state index < -0.39 is 0 Å². The Morgan fingerprint density at radius 2 is 2.08 bits per heavy atom. The summed E-state index contributed by atoms with van der Waals surface area (Å²) in [5.74, 6) is -0.235. The summed E-state index contributed by atoms with van der Waals surface area (Å²) in [4.78, 5) is 28.6. The molecule has 24 heavy (non-hydrogen) atoms. The van der Waals surface area contributed by atoms with E-state index in [9.17, 15) is 9.59 Å². The fraction of sp³-hybridized carbons (Fsp3) is 0.474.